The Hall–Kier alpha value is -1.75. The van der Waals surface area contributed by atoms with Gasteiger partial charge in [0.05, 0.1) is 31.4 Å². The third-order valence-corrected chi connectivity index (χ3v) is 5.25. The van der Waals surface area contributed by atoms with E-state index in [0.717, 1.165) is 23.0 Å². The van der Waals surface area contributed by atoms with E-state index >= 15 is 0 Å². The number of hydrogen-bond acceptors (Lipinski definition) is 2. The predicted octanol–water partition coefficient (Wildman–Crippen LogP) is 4.12. The average molecular weight is 351 g/mol. The van der Waals surface area contributed by atoms with E-state index in [-0.39, 0.29) is 11.8 Å². The molecule has 1 rings (SSSR count). The van der Waals surface area contributed by atoms with Gasteiger partial charge in [0.1, 0.15) is 5.75 Å². The van der Waals surface area contributed by atoms with Crippen LogP contribution in [0.2, 0.25) is 0 Å². The lowest BCUT2D eigenvalue weighted by Crippen LogP contribution is -2.56. The van der Waals surface area contributed by atoms with Crippen molar-refractivity contribution in [3.8, 4) is 5.75 Å². The molecular formula is C20H36N3O2+. The van der Waals surface area contributed by atoms with Gasteiger partial charge in [-0.1, -0.05) is 26.8 Å². The van der Waals surface area contributed by atoms with Gasteiger partial charge in [-0.15, -0.1) is 0 Å². The van der Waals surface area contributed by atoms with Crippen molar-refractivity contribution in [3.05, 3.63) is 23.8 Å². The molecule has 2 amide bonds. The van der Waals surface area contributed by atoms with Crippen LogP contribution in [0.25, 0.3) is 0 Å². The molecule has 1 atom stereocenters. The molecule has 1 aromatic rings. The number of nitrogens with zero attached hydrogens (tertiary/aromatic N) is 1. The van der Waals surface area contributed by atoms with Crippen LogP contribution in [0.5, 0.6) is 5.75 Å². The van der Waals surface area contributed by atoms with E-state index in [0.29, 0.717) is 11.7 Å². The van der Waals surface area contributed by atoms with Crippen molar-refractivity contribution >= 4 is 11.7 Å². The smallest absolute Gasteiger partial charge is 0.319 e. The quantitative estimate of drug-likeness (QED) is 0.439. The summed E-state index contributed by atoms with van der Waals surface area (Å²) in [6.45, 7) is 12.6. The van der Waals surface area contributed by atoms with E-state index in [1.165, 1.54) is 32.4 Å². The van der Waals surface area contributed by atoms with Gasteiger partial charge in [0.15, 0.2) is 0 Å². The lowest BCUT2D eigenvalue weighted by atomic mass is 10.0. The molecule has 0 saturated carbocycles. The number of urea groups is 1. The summed E-state index contributed by atoms with van der Waals surface area (Å²) in [4.78, 5) is 11.5. The molecule has 5 heteroatoms. The second-order valence-corrected chi connectivity index (χ2v) is 6.95. The lowest BCUT2D eigenvalue weighted by Gasteiger charge is -2.44. The Kier molecular flexibility index (Phi) is 8.76. The standard InChI is InChI=1S/C20H35N3O2/c1-6-12-23(13-7-2,16(4)8-3)14-11-17-9-10-19(24)18(15-17)22-20(25)21-5/h9-10,15-16H,6-8,11-14H2,1-5H3,(H2-,21,22,24,25)/p+1. The number of amides is 2. The first kappa shape index (κ1) is 21.3. The molecule has 0 radical (unpaired) electrons. The molecule has 0 aromatic heterocycles. The largest absolute Gasteiger partial charge is 0.506 e. The van der Waals surface area contributed by atoms with Crippen molar-refractivity contribution < 1.29 is 14.4 Å². The second-order valence-electron chi connectivity index (χ2n) is 6.95. The molecule has 0 aliphatic carbocycles. The zero-order chi connectivity index (χ0) is 18.9. The van der Waals surface area contributed by atoms with Crippen LogP contribution < -0.4 is 10.6 Å². The summed E-state index contributed by atoms with van der Waals surface area (Å²) in [7, 11) is 1.56. The van der Waals surface area contributed by atoms with Crippen LogP contribution in [0.1, 0.15) is 52.5 Å². The fraction of sp³-hybridized carbons (Fsp3) is 0.650. The van der Waals surface area contributed by atoms with Gasteiger partial charge in [0, 0.05) is 13.5 Å². The summed E-state index contributed by atoms with van der Waals surface area (Å²) in [5.41, 5.74) is 1.60. The number of carbonyl (C=O) groups excluding carboxylic acids is 1. The molecule has 0 spiro atoms. The third-order valence-electron chi connectivity index (χ3n) is 5.25. The molecule has 1 unspecified atom stereocenters. The number of phenols is 1. The molecule has 0 aliphatic rings. The summed E-state index contributed by atoms with van der Waals surface area (Å²) >= 11 is 0. The van der Waals surface area contributed by atoms with E-state index in [2.05, 4.69) is 38.3 Å². The van der Waals surface area contributed by atoms with Gasteiger partial charge in [-0.2, -0.15) is 0 Å². The van der Waals surface area contributed by atoms with Crippen molar-refractivity contribution in [2.75, 3.05) is 32.0 Å². The van der Waals surface area contributed by atoms with Crippen molar-refractivity contribution in [1.82, 2.24) is 5.32 Å². The number of nitrogens with one attached hydrogen (secondary N) is 2. The summed E-state index contributed by atoms with van der Waals surface area (Å²) in [6, 6.07) is 5.81. The van der Waals surface area contributed by atoms with Crippen LogP contribution in [0, 0.1) is 0 Å². The lowest BCUT2D eigenvalue weighted by molar-refractivity contribution is -0.949. The Labute approximate surface area is 153 Å². The number of hydrogen-bond donors (Lipinski definition) is 3. The van der Waals surface area contributed by atoms with E-state index in [1.807, 2.05) is 12.1 Å². The average Bonchev–Trinajstić information content (AvgIpc) is 2.61. The Morgan fingerprint density at radius 2 is 1.80 bits per heavy atom. The molecule has 142 valence electrons. The van der Waals surface area contributed by atoms with Gasteiger partial charge in [-0.05, 0) is 43.9 Å². The zero-order valence-electron chi connectivity index (χ0n) is 16.6. The van der Waals surface area contributed by atoms with Gasteiger partial charge in [0.2, 0.25) is 0 Å². The Morgan fingerprint density at radius 1 is 1.16 bits per heavy atom. The maximum atomic E-state index is 11.5. The Bertz CT molecular complexity index is 540. The minimum absolute atomic E-state index is 0.0946. The molecule has 5 nitrogen and oxygen atoms in total. The highest BCUT2D eigenvalue weighted by molar-refractivity contribution is 5.90. The number of carbonyl (C=O) groups is 1. The van der Waals surface area contributed by atoms with E-state index in [9.17, 15) is 9.90 Å². The second kappa shape index (κ2) is 10.3. The maximum Gasteiger partial charge on any atom is 0.319 e. The van der Waals surface area contributed by atoms with Crippen molar-refractivity contribution in [2.45, 2.75) is 59.4 Å². The molecule has 1 aromatic carbocycles. The molecule has 25 heavy (non-hydrogen) atoms. The number of phenolic OH excluding ortho intramolecular Hbond substituents is 1. The number of aromatic hydroxyl groups is 1. The van der Waals surface area contributed by atoms with Gasteiger partial charge in [-0.3, -0.25) is 0 Å². The van der Waals surface area contributed by atoms with Crippen LogP contribution in [-0.4, -0.2) is 48.3 Å². The fourth-order valence-electron chi connectivity index (χ4n) is 3.65. The fourth-order valence-corrected chi connectivity index (χ4v) is 3.65. The highest BCUT2D eigenvalue weighted by Crippen LogP contribution is 2.26. The van der Waals surface area contributed by atoms with Gasteiger partial charge < -0.3 is 20.2 Å². The summed E-state index contributed by atoms with van der Waals surface area (Å²) in [5, 5.41) is 15.1. The topological polar surface area (TPSA) is 61.4 Å². The van der Waals surface area contributed by atoms with E-state index < -0.39 is 0 Å². The Morgan fingerprint density at radius 3 is 2.32 bits per heavy atom. The van der Waals surface area contributed by atoms with Crippen LogP contribution >= 0.6 is 0 Å². The number of benzene rings is 1. The van der Waals surface area contributed by atoms with Crippen LogP contribution in [-0.2, 0) is 6.42 Å². The van der Waals surface area contributed by atoms with Gasteiger partial charge in [-0.25, -0.2) is 4.79 Å². The first-order valence-corrected chi connectivity index (χ1v) is 9.58. The van der Waals surface area contributed by atoms with Crippen LogP contribution in [0.15, 0.2) is 18.2 Å². The number of anilines is 1. The van der Waals surface area contributed by atoms with Crippen LogP contribution in [0.3, 0.4) is 0 Å². The molecule has 0 saturated heterocycles. The summed E-state index contributed by atoms with van der Waals surface area (Å²) in [5.74, 6) is 0.0946. The normalized spacial score (nSPS) is 12.7. The minimum atomic E-state index is -0.325. The first-order chi connectivity index (χ1) is 11.9. The zero-order valence-corrected chi connectivity index (χ0v) is 16.6. The first-order valence-electron chi connectivity index (χ1n) is 9.58. The maximum absolute atomic E-state index is 11.5. The molecule has 0 heterocycles. The van der Waals surface area contributed by atoms with Gasteiger partial charge in [0.25, 0.3) is 0 Å². The molecule has 0 bridgehead atoms. The Balaban J connectivity index is 2.94. The monoisotopic (exact) mass is 350 g/mol. The van der Waals surface area contributed by atoms with Crippen molar-refractivity contribution in [3.63, 3.8) is 0 Å². The van der Waals surface area contributed by atoms with E-state index in [4.69, 9.17) is 0 Å². The molecular weight excluding hydrogens is 314 g/mol. The number of rotatable bonds is 10. The molecule has 3 N–H and O–H groups in total. The molecule has 0 fully saturated rings. The SMILES string of the molecule is CCC[N+](CCC)(CCc1ccc(O)c(NC(=O)NC)c1)C(C)CC. The van der Waals surface area contributed by atoms with Crippen molar-refractivity contribution in [2.24, 2.45) is 0 Å². The summed E-state index contributed by atoms with van der Waals surface area (Å²) < 4.78 is 1.14. The summed E-state index contributed by atoms with van der Waals surface area (Å²) in [6.07, 6.45) is 4.49. The predicted molar refractivity (Wildman–Crippen MR) is 105 cm³/mol. The minimum Gasteiger partial charge on any atom is -0.506 e. The van der Waals surface area contributed by atoms with Crippen LogP contribution in [0.4, 0.5) is 10.5 Å². The van der Waals surface area contributed by atoms with E-state index in [1.54, 1.807) is 13.1 Å². The number of quaternary nitrogens is 1. The van der Waals surface area contributed by atoms with Gasteiger partial charge >= 0.3 is 6.03 Å². The third kappa shape index (κ3) is 5.92. The highest BCUT2D eigenvalue weighted by atomic mass is 16.3. The molecule has 0 aliphatic heterocycles. The van der Waals surface area contributed by atoms with Crippen molar-refractivity contribution in [1.29, 1.82) is 0 Å². The highest BCUT2D eigenvalue weighted by Gasteiger charge is 2.30.